The van der Waals surface area contributed by atoms with Crippen LogP contribution in [0.3, 0.4) is 0 Å². The summed E-state index contributed by atoms with van der Waals surface area (Å²) in [6, 6.07) is 0.0474. The first kappa shape index (κ1) is 13.8. The molecule has 0 spiro atoms. The van der Waals surface area contributed by atoms with Crippen LogP contribution in [0.15, 0.2) is 0 Å². The van der Waals surface area contributed by atoms with Crippen LogP contribution in [0, 0.1) is 0 Å². The van der Waals surface area contributed by atoms with E-state index in [2.05, 4.69) is 27.5 Å². The molecule has 2 heterocycles. The van der Waals surface area contributed by atoms with Crippen molar-refractivity contribution in [2.45, 2.75) is 25.3 Å². The lowest BCUT2D eigenvalue weighted by Gasteiger charge is -2.32. The molecular formula is C13H26N4O. The third kappa shape index (κ3) is 4.23. The fourth-order valence-corrected chi connectivity index (χ4v) is 2.61. The molecule has 1 atom stereocenters. The highest BCUT2D eigenvalue weighted by atomic mass is 16.2. The van der Waals surface area contributed by atoms with Crippen LogP contribution < -0.4 is 10.6 Å². The van der Waals surface area contributed by atoms with E-state index in [0.29, 0.717) is 0 Å². The Hall–Kier alpha value is -0.650. The van der Waals surface area contributed by atoms with Crippen LogP contribution in [0.5, 0.6) is 0 Å². The maximum absolute atomic E-state index is 11.9. The van der Waals surface area contributed by atoms with E-state index >= 15 is 0 Å². The maximum Gasteiger partial charge on any atom is 0.237 e. The number of nitrogens with zero attached hydrogens (tertiary/aromatic N) is 2. The Balaban J connectivity index is 1.58. The van der Waals surface area contributed by atoms with Crippen LogP contribution in [0.4, 0.5) is 0 Å². The highest BCUT2D eigenvalue weighted by molar-refractivity contribution is 5.81. The smallest absolute Gasteiger partial charge is 0.237 e. The molecule has 5 nitrogen and oxygen atoms in total. The molecule has 2 aliphatic rings. The molecule has 2 fully saturated rings. The predicted molar refractivity (Wildman–Crippen MR) is 72.6 cm³/mol. The van der Waals surface area contributed by atoms with E-state index in [1.54, 1.807) is 0 Å². The number of piperidine rings is 1. The number of hydrogen-bond acceptors (Lipinski definition) is 4. The minimum absolute atomic E-state index is 0.0474. The van der Waals surface area contributed by atoms with Crippen LogP contribution in [0.1, 0.15) is 19.3 Å². The van der Waals surface area contributed by atoms with Gasteiger partial charge in [0.25, 0.3) is 0 Å². The molecule has 0 unspecified atom stereocenters. The summed E-state index contributed by atoms with van der Waals surface area (Å²) < 4.78 is 0. The zero-order valence-corrected chi connectivity index (χ0v) is 11.5. The van der Waals surface area contributed by atoms with E-state index in [1.165, 1.54) is 12.8 Å². The zero-order valence-electron chi connectivity index (χ0n) is 11.5. The molecule has 2 saturated heterocycles. The summed E-state index contributed by atoms with van der Waals surface area (Å²) in [7, 11) is 2.16. The van der Waals surface area contributed by atoms with Crippen LogP contribution in [-0.2, 0) is 4.79 Å². The highest BCUT2D eigenvalue weighted by Crippen LogP contribution is 2.06. The van der Waals surface area contributed by atoms with Crippen LogP contribution in [0.25, 0.3) is 0 Å². The quantitative estimate of drug-likeness (QED) is 0.709. The van der Waals surface area contributed by atoms with Gasteiger partial charge in [-0.2, -0.15) is 0 Å². The predicted octanol–water partition coefficient (Wildman–Crippen LogP) is -0.508. The van der Waals surface area contributed by atoms with Gasteiger partial charge >= 0.3 is 0 Å². The minimum Gasteiger partial charge on any atom is -0.353 e. The Bertz CT molecular complexity index is 258. The molecule has 18 heavy (non-hydrogen) atoms. The third-order valence-electron chi connectivity index (χ3n) is 3.95. The molecule has 0 radical (unpaired) electrons. The van der Waals surface area contributed by atoms with Gasteiger partial charge in [-0.3, -0.25) is 9.69 Å². The third-order valence-corrected chi connectivity index (χ3v) is 3.95. The lowest BCUT2D eigenvalue weighted by atomic mass is 10.0. The number of hydrogen-bond donors (Lipinski definition) is 2. The fraction of sp³-hybridized carbons (Fsp3) is 0.923. The molecule has 104 valence electrons. The Morgan fingerprint density at radius 1 is 1.28 bits per heavy atom. The van der Waals surface area contributed by atoms with Gasteiger partial charge < -0.3 is 15.5 Å². The van der Waals surface area contributed by atoms with Crippen molar-refractivity contribution in [2.24, 2.45) is 0 Å². The van der Waals surface area contributed by atoms with Crippen molar-refractivity contribution in [1.82, 2.24) is 20.4 Å². The first-order valence-electron chi connectivity index (χ1n) is 7.18. The van der Waals surface area contributed by atoms with Crippen molar-refractivity contribution in [1.29, 1.82) is 0 Å². The van der Waals surface area contributed by atoms with Gasteiger partial charge in [0.1, 0.15) is 0 Å². The lowest BCUT2D eigenvalue weighted by molar-refractivity contribution is -0.123. The molecule has 2 rings (SSSR count). The number of piperazine rings is 1. The summed E-state index contributed by atoms with van der Waals surface area (Å²) in [5.74, 6) is 0.184. The number of carbonyl (C=O) groups is 1. The topological polar surface area (TPSA) is 47.6 Å². The van der Waals surface area contributed by atoms with Crippen LogP contribution in [0.2, 0.25) is 0 Å². The molecule has 0 aromatic carbocycles. The first-order valence-corrected chi connectivity index (χ1v) is 7.18. The fourth-order valence-electron chi connectivity index (χ4n) is 2.61. The molecule has 0 aromatic rings. The summed E-state index contributed by atoms with van der Waals surface area (Å²) in [5, 5.41) is 6.33. The summed E-state index contributed by atoms with van der Waals surface area (Å²) in [6.07, 6.45) is 3.36. The normalized spacial score (nSPS) is 27.1. The average Bonchev–Trinajstić information content (AvgIpc) is 2.42. The zero-order chi connectivity index (χ0) is 12.8. The largest absolute Gasteiger partial charge is 0.353 e. The number of amides is 1. The minimum atomic E-state index is 0.0474. The number of rotatable bonds is 4. The molecule has 0 aliphatic carbocycles. The van der Waals surface area contributed by atoms with E-state index in [0.717, 1.165) is 52.2 Å². The Morgan fingerprint density at radius 3 is 2.72 bits per heavy atom. The van der Waals surface area contributed by atoms with E-state index in [-0.39, 0.29) is 11.9 Å². The number of likely N-dealkylation sites (N-methyl/N-ethyl adjacent to an activating group) is 1. The monoisotopic (exact) mass is 254 g/mol. The van der Waals surface area contributed by atoms with Gasteiger partial charge in [-0.05, 0) is 26.4 Å². The molecule has 1 amide bonds. The van der Waals surface area contributed by atoms with Crippen LogP contribution >= 0.6 is 0 Å². The van der Waals surface area contributed by atoms with Gasteiger partial charge in [0.15, 0.2) is 0 Å². The lowest BCUT2D eigenvalue weighted by Crippen LogP contribution is -2.50. The van der Waals surface area contributed by atoms with E-state index in [1.807, 2.05) is 0 Å². The Kier molecular flexibility index (Phi) is 5.41. The van der Waals surface area contributed by atoms with Gasteiger partial charge in [0, 0.05) is 39.3 Å². The molecule has 5 heteroatoms. The van der Waals surface area contributed by atoms with E-state index < -0.39 is 0 Å². The maximum atomic E-state index is 11.9. The van der Waals surface area contributed by atoms with Gasteiger partial charge in [-0.25, -0.2) is 0 Å². The standard InChI is InChI=1S/C13H26N4O/c1-16-8-10-17(11-9-16)7-6-15-13(18)12-4-2-3-5-14-12/h12,14H,2-11H2,1H3,(H,15,18)/t12-/m1/s1. The molecule has 0 aromatic heterocycles. The second kappa shape index (κ2) is 7.07. The van der Waals surface area contributed by atoms with Crippen molar-refractivity contribution < 1.29 is 4.79 Å². The first-order chi connectivity index (χ1) is 8.75. The van der Waals surface area contributed by atoms with Crippen molar-refractivity contribution in [3.05, 3.63) is 0 Å². The van der Waals surface area contributed by atoms with Crippen molar-refractivity contribution in [3.63, 3.8) is 0 Å². The van der Waals surface area contributed by atoms with Crippen LogP contribution in [-0.4, -0.2) is 74.6 Å². The second-order valence-electron chi connectivity index (χ2n) is 5.44. The highest BCUT2D eigenvalue weighted by Gasteiger charge is 2.20. The van der Waals surface area contributed by atoms with Gasteiger partial charge in [0.2, 0.25) is 5.91 Å². The van der Waals surface area contributed by atoms with Crippen molar-refractivity contribution in [2.75, 3.05) is 52.9 Å². The van der Waals surface area contributed by atoms with E-state index in [4.69, 9.17) is 0 Å². The molecular weight excluding hydrogens is 228 g/mol. The summed E-state index contributed by atoms with van der Waals surface area (Å²) >= 11 is 0. The van der Waals surface area contributed by atoms with Gasteiger partial charge in [0.05, 0.1) is 6.04 Å². The van der Waals surface area contributed by atoms with Crippen molar-refractivity contribution in [3.8, 4) is 0 Å². The Morgan fingerprint density at radius 2 is 2.06 bits per heavy atom. The average molecular weight is 254 g/mol. The van der Waals surface area contributed by atoms with Gasteiger partial charge in [-0.1, -0.05) is 6.42 Å². The number of nitrogens with one attached hydrogen (secondary N) is 2. The summed E-state index contributed by atoms with van der Waals surface area (Å²) in [5.41, 5.74) is 0. The summed E-state index contributed by atoms with van der Waals surface area (Å²) in [4.78, 5) is 16.7. The Labute approximate surface area is 110 Å². The second-order valence-corrected chi connectivity index (χ2v) is 5.44. The molecule has 2 aliphatic heterocycles. The van der Waals surface area contributed by atoms with E-state index in [9.17, 15) is 4.79 Å². The molecule has 2 N–H and O–H groups in total. The molecule has 0 saturated carbocycles. The summed E-state index contributed by atoms with van der Waals surface area (Å²) in [6.45, 7) is 7.25. The SMILES string of the molecule is CN1CCN(CCNC(=O)[C@H]2CCCCN2)CC1. The van der Waals surface area contributed by atoms with Gasteiger partial charge in [-0.15, -0.1) is 0 Å². The number of carbonyl (C=O) groups excluding carboxylic acids is 1. The van der Waals surface area contributed by atoms with Crippen molar-refractivity contribution >= 4 is 5.91 Å². The molecule has 0 bridgehead atoms.